The molecule has 1 aromatic heterocycles. The molecule has 1 N–H and O–H groups in total. The zero-order chi connectivity index (χ0) is 12.3. The Morgan fingerprint density at radius 3 is 2.65 bits per heavy atom. The second-order valence-corrected chi connectivity index (χ2v) is 3.99. The number of halogens is 1. The quantitative estimate of drug-likeness (QED) is 0.875. The fourth-order valence-electron chi connectivity index (χ4n) is 1.87. The first kappa shape index (κ1) is 11.8. The van der Waals surface area contributed by atoms with Gasteiger partial charge in [-0.25, -0.2) is 4.39 Å². The maximum atomic E-state index is 12.9. The highest BCUT2D eigenvalue weighted by Crippen LogP contribution is 2.23. The van der Waals surface area contributed by atoms with E-state index in [0.717, 1.165) is 29.8 Å². The lowest BCUT2D eigenvalue weighted by molar-refractivity contribution is 0.628. The fourth-order valence-corrected chi connectivity index (χ4v) is 1.87. The highest BCUT2D eigenvalue weighted by atomic mass is 19.1. The van der Waals surface area contributed by atoms with Gasteiger partial charge in [-0.05, 0) is 24.7 Å². The number of aryl methyl sites for hydroxylation is 1. The molecular weight excluding hydrogens is 217 g/mol. The second-order valence-electron chi connectivity index (χ2n) is 3.99. The molecule has 0 aliphatic rings. The minimum absolute atomic E-state index is 0.214. The summed E-state index contributed by atoms with van der Waals surface area (Å²) in [6, 6.07) is 6.53. The lowest BCUT2D eigenvalue weighted by Crippen LogP contribution is -2.13. The number of nitrogens with zero attached hydrogens (tertiary/aromatic N) is 2. The van der Waals surface area contributed by atoms with E-state index in [9.17, 15) is 4.39 Å². The molecule has 1 heterocycles. The van der Waals surface area contributed by atoms with Gasteiger partial charge in [-0.2, -0.15) is 5.10 Å². The van der Waals surface area contributed by atoms with Crippen LogP contribution < -0.4 is 5.32 Å². The van der Waals surface area contributed by atoms with Gasteiger partial charge in [0.1, 0.15) is 5.82 Å². The Bertz CT molecular complexity index is 488. The van der Waals surface area contributed by atoms with Gasteiger partial charge in [0, 0.05) is 31.3 Å². The van der Waals surface area contributed by atoms with Gasteiger partial charge in [-0.3, -0.25) is 4.68 Å². The van der Waals surface area contributed by atoms with Crippen LogP contribution in [0.3, 0.4) is 0 Å². The van der Waals surface area contributed by atoms with Crippen molar-refractivity contribution in [3.05, 3.63) is 42.0 Å². The molecular formula is C13H16FN3. The summed E-state index contributed by atoms with van der Waals surface area (Å²) in [7, 11) is 3.85. The zero-order valence-electron chi connectivity index (χ0n) is 10.1. The third kappa shape index (κ3) is 2.53. The first-order valence-electron chi connectivity index (χ1n) is 5.64. The molecule has 0 spiro atoms. The molecule has 0 unspecified atom stereocenters. The van der Waals surface area contributed by atoms with Crippen LogP contribution in [-0.4, -0.2) is 23.4 Å². The summed E-state index contributed by atoms with van der Waals surface area (Å²) in [6.07, 6.45) is 2.73. The molecule has 0 atom stereocenters. The Labute approximate surface area is 100 Å². The van der Waals surface area contributed by atoms with Crippen LogP contribution in [0.5, 0.6) is 0 Å². The largest absolute Gasteiger partial charge is 0.319 e. The molecule has 0 bridgehead atoms. The first-order chi connectivity index (χ1) is 8.22. The molecule has 0 aliphatic carbocycles. The number of likely N-dealkylation sites (N-methyl/N-ethyl adjacent to an activating group) is 1. The van der Waals surface area contributed by atoms with Crippen molar-refractivity contribution in [1.82, 2.24) is 15.1 Å². The monoisotopic (exact) mass is 233 g/mol. The highest BCUT2D eigenvalue weighted by Gasteiger charge is 2.09. The molecule has 2 rings (SSSR count). The van der Waals surface area contributed by atoms with Crippen molar-refractivity contribution in [3.8, 4) is 11.1 Å². The normalized spacial score (nSPS) is 10.8. The molecule has 0 amide bonds. The van der Waals surface area contributed by atoms with Crippen LogP contribution >= 0.6 is 0 Å². The molecule has 17 heavy (non-hydrogen) atoms. The molecule has 2 aromatic rings. The predicted molar refractivity (Wildman–Crippen MR) is 66.2 cm³/mol. The highest BCUT2D eigenvalue weighted by molar-refractivity contribution is 5.65. The summed E-state index contributed by atoms with van der Waals surface area (Å²) in [6.45, 7) is 0.897. The number of benzene rings is 1. The Balaban J connectivity index is 2.34. The molecule has 0 saturated heterocycles. The van der Waals surface area contributed by atoms with E-state index < -0.39 is 0 Å². The third-order valence-electron chi connectivity index (χ3n) is 2.83. The van der Waals surface area contributed by atoms with Gasteiger partial charge in [0.25, 0.3) is 0 Å². The van der Waals surface area contributed by atoms with Crippen LogP contribution in [0.15, 0.2) is 30.5 Å². The van der Waals surface area contributed by atoms with E-state index >= 15 is 0 Å². The SMILES string of the molecule is CNCCc1c(-c2ccc(F)cc2)cnn1C. The van der Waals surface area contributed by atoms with Crippen LogP contribution in [0.1, 0.15) is 5.69 Å². The van der Waals surface area contributed by atoms with E-state index in [-0.39, 0.29) is 5.82 Å². The summed E-state index contributed by atoms with van der Waals surface area (Å²) in [5.74, 6) is -0.214. The molecule has 0 saturated carbocycles. The number of hydrogen-bond acceptors (Lipinski definition) is 2. The van der Waals surface area contributed by atoms with Gasteiger partial charge in [0.05, 0.1) is 6.20 Å². The standard InChI is InChI=1S/C13H16FN3/c1-15-8-7-13-12(9-16-17(13)2)10-3-5-11(14)6-4-10/h3-6,9,15H,7-8H2,1-2H3. The Morgan fingerprint density at radius 1 is 1.29 bits per heavy atom. The first-order valence-corrected chi connectivity index (χ1v) is 5.64. The topological polar surface area (TPSA) is 29.9 Å². The maximum absolute atomic E-state index is 12.9. The van der Waals surface area contributed by atoms with E-state index in [2.05, 4.69) is 10.4 Å². The van der Waals surface area contributed by atoms with Crippen LogP contribution in [0.4, 0.5) is 4.39 Å². The Kier molecular flexibility index (Phi) is 3.54. The molecule has 0 radical (unpaired) electrons. The summed E-state index contributed by atoms with van der Waals surface area (Å²) in [5.41, 5.74) is 3.24. The zero-order valence-corrected chi connectivity index (χ0v) is 10.1. The molecule has 0 fully saturated rings. The lowest BCUT2D eigenvalue weighted by atomic mass is 10.0. The van der Waals surface area contributed by atoms with E-state index in [1.807, 2.05) is 25.0 Å². The molecule has 1 aromatic carbocycles. The maximum Gasteiger partial charge on any atom is 0.123 e. The van der Waals surface area contributed by atoms with E-state index in [1.54, 1.807) is 12.1 Å². The van der Waals surface area contributed by atoms with Crippen molar-refractivity contribution in [3.63, 3.8) is 0 Å². The average molecular weight is 233 g/mol. The summed E-state index contributed by atoms with van der Waals surface area (Å²) in [5, 5.41) is 7.38. The molecule has 3 nitrogen and oxygen atoms in total. The lowest BCUT2D eigenvalue weighted by Gasteiger charge is -2.06. The van der Waals surface area contributed by atoms with Gasteiger partial charge in [-0.15, -0.1) is 0 Å². The number of aromatic nitrogens is 2. The van der Waals surface area contributed by atoms with Crippen molar-refractivity contribution >= 4 is 0 Å². The minimum atomic E-state index is -0.214. The molecule has 0 aliphatic heterocycles. The predicted octanol–water partition coefficient (Wildman–Crippen LogP) is 1.99. The van der Waals surface area contributed by atoms with Crippen LogP contribution in [0.2, 0.25) is 0 Å². The van der Waals surface area contributed by atoms with Crippen LogP contribution in [0.25, 0.3) is 11.1 Å². The smallest absolute Gasteiger partial charge is 0.123 e. The number of hydrogen-bond donors (Lipinski definition) is 1. The number of nitrogens with one attached hydrogen (secondary N) is 1. The fraction of sp³-hybridized carbons (Fsp3) is 0.308. The Morgan fingerprint density at radius 2 is 2.00 bits per heavy atom. The van der Waals surface area contributed by atoms with Crippen molar-refractivity contribution in [2.75, 3.05) is 13.6 Å². The van der Waals surface area contributed by atoms with Crippen molar-refractivity contribution in [1.29, 1.82) is 0 Å². The Hall–Kier alpha value is -1.68. The summed E-state index contributed by atoms with van der Waals surface area (Å²) < 4.78 is 14.8. The van der Waals surface area contributed by atoms with Gasteiger partial charge >= 0.3 is 0 Å². The second kappa shape index (κ2) is 5.10. The van der Waals surface area contributed by atoms with Crippen LogP contribution in [-0.2, 0) is 13.5 Å². The van der Waals surface area contributed by atoms with Gasteiger partial charge in [0.2, 0.25) is 0 Å². The summed E-state index contributed by atoms with van der Waals surface area (Å²) >= 11 is 0. The molecule has 90 valence electrons. The van der Waals surface area contributed by atoms with Crippen LogP contribution in [0, 0.1) is 5.82 Å². The molecule has 4 heteroatoms. The van der Waals surface area contributed by atoms with Crippen molar-refractivity contribution in [2.45, 2.75) is 6.42 Å². The van der Waals surface area contributed by atoms with Crippen molar-refractivity contribution in [2.24, 2.45) is 7.05 Å². The van der Waals surface area contributed by atoms with Crippen molar-refractivity contribution < 1.29 is 4.39 Å². The van der Waals surface area contributed by atoms with Gasteiger partial charge in [0.15, 0.2) is 0 Å². The van der Waals surface area contributed by atoms with E-state index in [4.69, 9.17) is 0 Å². The van der Waals surface area contributed by atoms with E-state index in [0.29, 0.717) is 0 Å². The average Bonchev–Trinajstić information content (AvgIpc) is 2.69. The van der Waals surface area contributed by atoms with Gasteiger partial charge < -0.3 is 5.32 Å². The minimum Gasteiger partial charge on any atom is -0.319 e. The third-order valence-corrected chi connectivity index (χ3v) is 2.83. The number of rotatable bonds is 4. The van der Waals surface area contributed by atoms with Gasteiger partial charge in [-0.1, -0.05) is 12.1 Å². The summed E-state index contributed by atoms with van der Waals surface area (Å²) in [4.78, 5) is 0. The van der Waals surface area contributed by atoms with E-state index in [1.165, 1.54) is 12.1 Å².